The van der Waals surface area contributed by atoms with Crippen LogP contribution in [0.25, 0.3) is 0 Å². The van der Waals surface area contributed by atoms with Gasteiger partial charge in [-0.25, -0.2) is 4.39 Å². The van der Waals surface area contributed by atoms with E-state index in [0.717, 1.165) is 11.1 Å². The van der Waals surface area contributed by atoms with E-state index in [1.54, 1.807) is 48.5 Å². The van der Waals surface area contributed by atoms with Crippen LogP contribution in [0.5, 0.6) is 0 Å². The third-order valence-electron chi connectivity index (χ3n) is 7.73. The Morgan fingerprint density at radius 1 is 1.00 bits per heavy atom. The number of para-hydroxylation sites is 1. The fraction of sp³-hybridized carbons (Fsp3) is 0.194. The van der Waals surface area contributed by atoms with Crippen molar-refractivity contribution in [3.63, 3.8) is 0 Å². The van der Waals surface area contributed by atoms with Crippen molar-refractivity contribution in [3.05, 3.63) is 134 Å². The average Bonchev–Trinajstić information content (AvgIpc) is 3.29. The first-order valence-electron chi connectivity index (χ1n) is 12.8. The van der Waals surface area contributed by atoms with Crippen LogP contribution in [0.15, 0.2) is 95.9 Å². The second kappa shape index (κ2) is 10.9. The Morgan fingerprint density at radius 2 is 1.70 bits per heavy atom. The molecule has 40 heavy (non-hydrogen) atoms. The Labute approximate surface area is 244 Å². The molecule has 1 heterocycles. The van der Waals surface area contributed by atoms with E-state index in [0.29, 0.717) is 33.2 Å². The van der Waals surface area contributed by atoms with E-state index >= 15 is 0 Å². The molecule has 2 aliphatic rings. The molecule has 1 aliphatic carbocycles. The number of fused-ring (bicyclic) bond motifs is 3. The minimum Gasteiger partial charge on any atom is -0.377 e. The predicted molar refractivity (Wildman–Crippen MR) is 157 cm³/mol. The van der Waals surface area contributed by atoms with Crippen LogP contribution < -0.4 is 5.32 Å². The summed E-state index contributed by atoms with van der Waals surface area (Å²) in [5.74, 6) is -0.735. The topological polar surface area (TPSA) is 72.2 Å². The van der Waals surface area contributed by atoms with Gasteiger partial charge in [-0.3, -0.25) is 14.9 Å². The standard InChI is InChI=1S/C31H23Cl2FN2O3S/c32-19-14-21-27-22(16-26(28(27)33)40-25-9-5-4-8-24(25)36(38)39)29(17-10-12-20(34)13-11-17)35-30(21)23(15-19)31(37)18-6-2-1-3-7-18/h1-15,22,26-29,35H,16H2/t22-,26+,27+,28-,29-/m1/s1. The van der Waals surface area contributed by atoms with Gasteiger partial charge in [0.2, 0.25) is 0 Å². The molecular formula is C31H23Cl2FN2O3S. The summed E-state index contributed by atoms with van der Waals surface area (Å²) in [6, 6.07) is 25.3. The Morgan fingerprint density at radius 3 is 2.42 bits per heavy atom. The highest BCUT2D eigenvalue weighted by Gasteiger charge is 2.51. The van der Waals surface area contributed by atoms with Crippen molar-refractivity contribution in [2.45, 2.75) is 33.9 Å². The van der Waals surface area contributed by atoms with Crippen LogP contribution >= 0.6 is 35.0 Å². The van der Waals surface area contributed by atoms with Gasteiger partial charge in [-0.05, 0) is 53.8 Å². The van der Waals surface area contributed by atoms with Gasteiger partial charge in [0.05, 0.1) is 21.2 Å². The highest BCUT2D eigenvalue weighted by Crippen LogP contribution is 2.59. The lowest BCUT2D eigenvalue weighted by molar-refractivity contribution is -0.387. The first-order valence-corrected chi connectivity index (χ1v) is 14.5. The molecule has 1 saturated carbocycles. The normalized spacial score (nSPS) is 23.1. The van der Waals surface area contributed by atoms with Gasteiger partial charge in [-0.15, -0.1) is 23.4 Å². The maximum atomic E-state index is 13.9. The van der Waals surface area contributed by atoms with Gasteiger partial charge < -0.3 is 5.32 Å². The van der Waals surface area contributed by atoms with Gasteiger partial charge in [0.15, 0.2) is 5.78 Å². The number of anilines is 1. The number of ketones is 1. The van der Waals surface area contributed by atoms with Crippen molar-refractivity contribution in [3.8, 4) is 0 Å². The van der Waals surface area contributed by atoms with Crippen molar-refractivity contribution in [1.82, 2.24) is 0 Å². The molecule has 1 aliphatic heterocycles. The maximum Gasteiger partial charge on any atom is 0.282 e. The molecule has 0 radical (unpaired) electrons. The fourth-order valence-electron chi connectivity index (χ4n) is 5.98. The summed E-state index contributed by atoms with van der Waals surface area (Å²) < 4.78 is 13.9. The second-order valence-corrected chi connectivity index (χ2v) is 12.3. The molecule has 0 saturated heterocycles. The van der Waals surface area contributed by atoms with Crippen molar-refractivity contribution in [1.29, 1.82) is 0 Å². The number of carbonyl (C=O) groups is 1. The molecule has 0 spiro atoms. The molecule has 5 atom stereocenters. The number of halogens is 3. The molecule has 5 nitrogen and oxygen atoms in total. The first kappa shape index (κ1) is 26.8. The summed E-state index contributed by atoms with van der Waals surface area (Å²) in [5.41, 5.74) is 3.40. The lowest BCUT2D eigenvalue weighted by Crippen LogP contribution is -2.32. The highest BCUT2D eigenvalue weighted by atomic mass is 35.5. The molecule has 6 rings (SSSR count). The molecule has 4 aromatic rings. The molecule has 0 amide bonds. The van der Waals surface area contributed by atoms with Crippen molar-refractivity contribution >= 4 is 52.1 Å². The molecule has 1 N–H and O–H groups in total. The van der Waals surface area contributed by atoms with Crippen LogP contribution in [0.4, 0.5) is 15.8 Å². The largest absolute Gasteiger partial charge is 0.377 e. The van der Waals surface area contributed by atoms with Crippen LogP contribution in [-0.4, -0.2) is 21.3 Å². The van der Waals surface area contributed by atoms with Gasteiger partial charge in [0.1, 0.15) is 5.82 Å². The van der Waals surface area contributed by atoms with Crippen LogP contribution in [0.1, 0.15) is 45.4 Å². The number of nitro groups is 1. The number of nitrogens with one attached hydrogen (secondary N) is 1. The average molecular weight is 594 g/mol. The third-order valence-corrected chi connectivity index (χ3v) is 10.1. The number of hydrogen-bond donors (Lipinski definition) is 1. The van der Waals surface area contributed by atoms with Gasteiger partial charge in [-0.2, -0.15) is 0 Å². The number of carbonyl (C=O) groups excluding carboxylic acids is 1. The summed E-state index contributed by atoms with van der Waals surface area (Å²) in [5, 5.41) is 15.2. The molecule has 202 valence electrons. The summed E-state index contributed by atoms with van der Waals surface area (Å²) in [4.78, 5) is 25.5. The third kappa shape index (κ3) is 4.87. The summed E-state index contributed by atoms with van der Waals surface area (Å²) in [7, 11) is 0. The Kier molecular flexibility index (Phi) is 7.29. The van der Waals surface area contributed by atoms with Crippen LogP contribution in [0.3, 0.4) is 0 Å². The quantitative estimate of drug-likeness (QED) is 0.105. The first-order chi connectivity index (χ1) is 19.3. The van der Waals surface area contributed by atoms with Gasteiger partial charge >= 0.3 is 0 Å². The Hall–Kier alpha value is -3.39. The number of alkyl halides is 1. The Balaban J connectivity index is 1.46. The molecule has 0 bridgehead atoms. The summed E-state index contributed by atoms with van der Waals surface area (Å²) in [6.07, 6.45) is 0.651. The SMILES string of the molecule is O=C(c1ccccc1)c1cc(Cl)cc2c1N[C@H](c1ccc(F)cc1)[C@@H]1C[C@H](Sc3ccccc3[N+](=O)[O-])[C@@H](Cl)[C@@H]21. The van der Waals surface area contributed by atoms with E-state index in [-0.39, 0.29) is 45.3 Å². The van der Waals surface area contributed by atoms with E-state index in [2.05, 4.69) is 5.32 Å². The number of rotatable bonds is 6. The number of hydrogen-bond acceptors (Lipinski definition) is 5. The van der Waals surface area contributed by atoms with Crippen molar-refractivity contribution in [2.75, 3.05) is 5.32 Å². The molecule has 4 aromatic carbocycles. The highest BCUT2D eigenvalue weighted by molar-refractivity contribution is 8.00. The number of thioether (sulfide) groups is 1. The van der Waals surface area contributed by atoms with E-state index in [1.807, 2.05) is 24.3 Å². The fourth-order valence-corrected chi connectivity index (χ4v) is 8.15. The van der Waals surface area contributed by atoms with Crippen LogP contribution in [0, 0.1) is 21.8 Å². The number of nitro benzene ring substituents is 1. The van der Waals surface area contributed by atoms with E-state index in [1.165, 1.54) is 30.0 Å². The molecule has 9 heteroatoms. The number of benzene rings is 4. The molecule has 0 aromatic heterocycles. The zero-order valence-corrected chi connectivity index (χ0v) is 23.3. The molecular weight excluding hydrogens is 570 g/mol. The van der Waals surface area contributed by atoms with Gasteiger partial charge in [0.25, 0.3) is 5.69 Å². The van der Waals surface area contributed by atoms with E-state index in [9.17, 15) is 19.3 Å². The van der Waals surface area contributed by atoms with E-state index < -0.39 is 5.38 Å². The maximum absolute atomic E-state index is 13.9. The van der Waals surface area contributed by atoms with E-state index in [4.69, 9.17) is 23.2 Å². The lowest BCUT2D eigenvalue weighted by atomic mass is 9.76. The minimum atomic E-state index is -0.406. The monoisotopic (exact) mass is 592 g/mol. The predicted octanol–water partition coefficient (Wildman–Crippen LogP) is 8.66. The molecule has 1 fully saturated rings. The molecule has 0 unspecified atom stereocenters. The zero-order chi connectivity index (χ0) is 28.0. The summed E-state index contributed by atoms with van der Waals surface area (Å²) in [6.45, 7) is 0. The van der Waals surface area contributed by atoms with Crippen LogP contribution in [0.2, 0.25) is 5.02 Å². The van der Waals surface area contributed by atoms with Crippen molar-refractivity contribution < 1.29 is 14.1 Å². The Bertz CT molecular complexity index is 1600. The smallest absolute Gasteiger partial charge is 0.282 e. The zero-order valence-electron chi connectivity index (χ0n) is 21.0. The minimum absolute atomic E-state index is 0.0288. The van der Waals surface area contributed by atoms with Gasteiger partial charge in [0, 0.05) is 39.1 Å². The van der Waals surface area contributed by atoms with Gasteiger partial charge in [-0.1, -0.05) is 66.2 Å². The summed E-state index contributed by atoms with van der Waals surface area (Å²) >= 11 is 15.2. The second-order valence-electron chi connectivity index (χ2n) is 10.0. The number of nitrogens with zero attached hydrogens (tertiary/aromatic N) is 1. The lowest BCUT2D eigenvalue weighted by Gasteiger charge is -2.39. The van der Waals surface area contributed by atoms with Crippen LogP contribution in [-0.2, 0) is 0 Å². The van der Waals surface area contributed by atoms with Crippen molar-refractivity contribution in [2.24, 2.45) is 5.92 Å².